The molecule has 0 bridgehead atoms. The molecule has 1 aromatic carbocycles. The molecule has 0 saturated heterocycles. The second-order valence-electron chi connectivity index (χ2n) is 3.29. The Morgan fingerprint density at radius 3 is 2.73 bits per heavy atom. The molecule has 0 fully saturated rings. The van der Waals surface area contributed by atoms with E-state index in [4.69, 9.17) is 11.6 Å². The van der Waals surface area contributed by atoms with E-state index in [0.717, 1.165) is 11.1 Å². The molecule has 4 heteroatoms. The van der Waals surface area contributed by atoms with Crippen molar-refractivity contribution in [1.82, 2.24) is 10.2 Å². The minimum absolute atomic E-state index is 0.220. The highest BCUT2D eigenvalue weighted by Gasteiger charge is 2.04. The summed E-state index contributed by atoms with van der Waals surface area (Å²) < 4.78 is 0. The number of nitrogens with one attached hydrogen (secondary N) is 1. The summed E-state index contributed by atoms with van der Waals surface area (Å²) in [5.41, 5.74) is 2.38. The zero-order chi connectivity index (χ0) is 10.8. The van der Waals surface area contributed by atoms with Crippen LogP contribution in [0.5, 0.6) is 0 Å². The Balaban J connectivity index is 2.58. The van der Waals surface area contributed by atoms with Gasteiger partial charge < -0.3 is 0 Å². The number of halogens is 1. The van der Waals surface area contributed by atoms with E-state index in [9.17, 15) is 4.79 Å². The lowest BCUT2D eigenvalue weighted by atomic mass is 10.1. The Morgan fingerprint density at radius 1 is 1.27 bits per heavy atom. The predicted octanol–water partition coefficient (Wildman–Crippen LogP) is 2.40. The van der Waals surface area contributed by atoms with Crippen molar-refractivity contribution in [2.24, 2.45) is 0 Å². The van der Waals surface area contributed by atoms with Gasteiger partial charge in [0.25, 0.3) is 5.56 Å². The van der Waals surface area contributed by atoms with E-state index in [0.29, 0.717) is 10.7 Å². The molecule has 0 aliphatic carbocycles. The summed E-state index contributed by atoms with van der Waals surface area (Å²) in [7, 11) is 0. The zero-order valence-electron chi connectivity index (χ0n) is 8.12. The monoisotopic (exact) mass is 220 g/mol. The van der Waals surface area contributed by atoms with Crippen LogP contribution in [0.2, 0.25) is 5.02 Å². The molecule has 1 N–H and O–H groups in total. The van der Waals surface area contributed by atoms with Crippen LogP contribution in [0.3, 0.4) is 0 Å². The van der Waals surface area contributed by atoms with Crippen molar-refractivity contribution >= 4 is 11.6 Å². The largest absolute Gasteiger partial charge is 0.268 e. The van der Waals surface area contributed by atoms with Gasteiger partial charge in [-0.05, 0) is 25.1 Å². The van der Waals surface area contributed by atoms with Crippen molar-refractivity contribution in [3.05, 3.63) is 51.3 Å². The first kappa shape index (κ1) is 9.93. The van der Waals surface area contributed by atoms with Crippen LogP contribution in [0, 0.1) is 6.92 Å². The van der Waals surface area contributed by atoms with Crippen LogP contribution in [0.1, 0.15) is 5.56 Å². The lowest BCUT2D eigenvalue weighted by molar-refractivity contribution is 0.995. The molecule has 1 aromatic heterocycles. The van der Waals surface area contributed by atoms with Gasteiger partial charge in [-0.25, -0.2) is 5.10 Å². The normalized spacial score (nSPS) is 10.3. The van der Waals surface area contributed by atoms with Gasteiger partial charge in [-0.1, -0.05) is 23.2 Å². The average Bonchev–Trinajstić information content (AvgIpc) is 2.23. The molecule has 2 aromatic rings. The first-order valence-electron chi connectivity index (χ1n) is 4.49. The molecule has 15 heavy (non-hydrogen) atoms. The van der Waals surface area contributed by atoms with Crippen LogP contribution in [-0.4, -0.2) is 10.2 Å². The first-order chi connectivity index (χ1) is 7.16. The van der Waals surface area contributed by atoms with Gasteiger partial charge in [0.2, 0.25) is 0 Å². The van der Waals surface area contributed by atoms with E-state index in [-0.39, 0.29) is 5.56 Å². The van der Waals surface area contributed by atoms with E-state index >= 15 is 0 Å². The fourth-order valence-corrected chi connectivity index (χ4v) is 1.54. The molecule has 1 heterocycles. The number of hydrogen-bond acceptors (Lipinski definition) is 2. The van der Waals surface area contributed by atoms with E-state index in [2.05, 4.69) is 10.2 Å². The molecule has 0 unspecified atom stereocenters. The fraction of sp³-hybridized carbons (Fsp3) is 0.0909. The Bertz CT molecular complexity index is 528. The van der Waals surface area contributed by atoms with Crippen LogP contribution in [0.15, 0.2) is 35.1 Å². The summed E-state index contributed by atoms with van der Waals surface area (Å²) in [5.74, 6) is 0. The molecule has 2 rings (SSSR count). The summed E-state index contributed by atoms with van der Waals surface area (Å²) >= 11 is 6.04. The molecular weight excluding hydrogens is 212 g/mol. The number of nitrogens with zero attached hydrogens (tertiary/aromatic N) is 1. The Kier molecular flexibility index (Phi) is 2.56. The molecule has 0 radical (unpaired) electrons. The zero-order valence-corrected chi connectivity index (χ0v) is 8.88. The minimum Gasteiger partial charge on any atom is -0.268 e. The summed E-state index contributed by atoms with van der Waals surface area (Å²) in [5, 5.41) is 6.93. The quantitative estimate of drug-likeness (QED) is 0.802. The molecular formula is C11H9ClN2O. The lowest BCUT2D eigenvalue weighted by Gasteiger charge is -2.03. The topological polar surface area (TPSA) is 45.8 Å². The van der Waals surface area contributed by atoms with Gasteiger partial charge in [0.05, 0.1) is 10.7 Å². The van der Waals surface area contributed by atoms with E-state index in [1.165, 1.54) is 6.07 Å². The van der Waals surface area contributed by atoms with Crippen LogP contribution >= 0.6 is 11.6 Å². The molecule has 3 nitrogen and oxygen atoms in total. The Morgan fingerprint density at radius 2 is 2.07 bits per heavy atom. The second kappa shape index (κ2) is 3.87. The molecule has 0 amide bonds. The SMILES string of the molecule is Cc1ccc(Cl)c(-c2ccc(=O)[nH]n2)c1. The highest BCUT2D eigenvalue weighted by atomic mass is 35.5. The smallest absolute Gasteiger partial charge is 0.264 e. The third-order valence-corrected chi connectivity index (χ3v) is 2.41. The highest BCUT2D eigenvalue weighted by Crippen LogP contribution is 2.26. The molecule has 0 aliphatic rings. The number of rotatable bonds is 1. The maximum absolute atomic E-state index is 10.9. The van der Waals surface area contributed by atoms with Gasteiger partial charge in [-0.15, -0.1) is 0 Å². The van der Waals surface area contributed by atoms with Crippen molar-refractivity contribution in [3.8, 4) is 11.3 Å². The number of hydrogen-bond donors (Lipinski definition) is 1. The third kappa shape index (κ3) is 2.07. The van der Waals surface area contributed by atoms with Gasteiger partial charge in [-0.2, -0.15) is 5.10 Å². The number of aryl methyl sites for hydroxylation is 1. The summed E-state index contributed by atoms with van der Waals surface area (Å²) in [6, 6.07) is 8.76. The van der Waals surface area contributed by atoms with Crippen LogP contribution in [-0.2, 0) is 0 Å². The number of benzene rings is 1. The Labute approximate surface area is 91.7 Å². The van der Waals surface area contributed by atoms with Gasteiger partial charge in [0.15, 0.2) is 0 Å². The second-order valence-corrected chi connectivity index (χ2v) is 3.70. The average molecular weight is 221 g/mol. The van der Waals surface area contributed by atoms with Crippen LogP contribution in [0.4, 0.5) is 0 Å². The number of H-pyrrole nitrogens is 1. The summed E-state index contributed by atoms with van der Waals surface area (Å²) in [6.45, 7) is 1.98. The minimum atomic E-state index is -0.220. The van der Waals surface area contributed by atoms with Crippen molar-refractivity contribution in [3.63, 3.8) is 0 Å². The van der Waals surface area contributed by atoms with E-state index in [1.54, 1.807) is 6.07 Å². The Hall–Kier alpha value is -1.61. The first-order valence-corrected chi connectivity index (χ1v) is 4.87. The molecule has 0 atom stereocenters. The highest BCUT2D eigenvalue weighted by molar-refractivity contribution is 6.33. The standard InChI is InChI=1S/C11H9ClN2O/c1-7-2-3-9(12)8(6-7)10-4-5-11(15)14-13-10/h2-6H,1H3,(H,14,15). The van der Waals surface area contributed by atoms with Gasteiger partial charge in [-0.3, -0.25) is 4.79 Å². The van der Waals surface area contributed by atoms with E-state index in [1.807, 2.05) is 25.1 Å². The van der Waals surface area contributed by atoms with Crippen molar-refractivity contribution < 1.29 is 0 Å². The summed E-state index contributed by atoms with van der Waals surface area (Å²) in [6.07, 6.45) is 0. The fourth-order valence-electron chi connectivity index (χ4n) is 1.33. The predicted molar refractivity (Wildman–Crippen MR) is 60.0 cm³/mol. The van der Waals surface area contributed by atoms with Crippen LogP contribution in [0.25, 0.3) is 11.3 Å². The van der Waals surface area contributed by atoms with Crippen molar-refractivity contribution in [1.29, 1.82) is 0 Å². The lowest BCUT2D eigenvalue weighted by Crippen LogP contribution is -2.05. The molecule has 76 valence electrons. The van der Waals surface area contributed by atoms with Crippen molar-refractivity contribution in [2.75, 3.05) is 0 Å². The van der Waals surface area contributed by atoms with Crippen molar-refractivity contribution in [2.45, 2.75) is 6.92 Å². The maximum Gasteiger partial charge on any atom is 0.264 e. The molecule has 0 spiro atoms. The maximum atomic E-state index is 10.9. The number of aromatic amines is 1. The number of aromatic nitrogens is 2. The van der Waals surface area contributed by atoms with Crippen LogP contribution < -0.4 is 5.56 Å². The van der Waals surface area contributed by atoms with E-state index < -0.39 is 0 Å². The summed E-state index contributed by atoms with van der Waals surface area (Å²) in [4.78, 5) is 10.9. The van der Waals surface area contributed by atoms with Gasteiger partial charge in [0.1, 0.15) is 0 Å². The van der Waals surface area contributed by atoms with Gasteiger partial charge >= 0.3 is 0 Å². The third-order valence-electron chi connectivity index (χ3n) is 2.08. The molecule has 0 aliphatic heterocycles. The molecule has 0 saturated carbocycles. The van der Waals surface area contributed by atoms with Gasteiger partial charge in [0, 0.05) is 11.6 Å².